The van der Waals surface area contributed by atoms with Crippen LogP contribution in [0.3, 0.4) is 0 Å². The second kappa shape index (κ2) is 6.68. The highest BCUT2D eigenvalue weighted by Gasteiger charge is 2.32. The summed E-state index contributed by atoms with van der Waals surface area (Å²) < 4.78 is 5.29. The SMILES string of the molecule is CCC(C)C1CN(Cc2nc(C)no2)C(C(C)C)CN1. The maximum absolute atomic E-state index is 5.29. The molecule has 1 N–H and O–H groups in total. The lowest BCUT2D eigenvalue weighted by Gasteiger charge is -2.43. The number of piperazine rings is 1. The Balaban J connectivity index is 2.06. The molecule has 0 radical (unpaired) electrons. The first-order valence-electron chi connectivity index (χ1n) is 7.77. The fourth-order valence-electron chi connectivity index (χ4n) is 2.94. The fourth-order valence-corrected chi connectivity index (χ4v) is 2.94. The molecule has 0 saturated carbocycles. The van der Waals surface area contributed by atoms with E-state index in [1.54, 1.807) is 0 Å². The third-order valence-electron chi connectivity index (χ3n) is 4.50. The molecule has 0 aromatic carbocycles. The maximum Gasteiger partial charge on any atom is 0.240 e. The highest BCUT2D eigenvalue weighted by atomic mass is 16.5. The first-order valence-corrected chi connectivity index (χ1v) is 7.77. The molecule has 0 amide bonds. The quantitative estimate of drug-likeness (QED) is 0.896. The van der Waals surface area contributed by atoms with E-state index >= 15 is 0 Å². The summed E-state index contributed by atoms with van der Waals surface area (Å²) in [7, 11) is 0. The van der Waals surface area contributed by atoms with Gasteiger partial charge in [-0.15, -0.1) is 0 Å². The Hall–Kier alpha value is -0.940. The van der Waals surface area contributed by atoms with E-state index in [2.05, 4.69) is 48.1 Å². The van der Waals surface area contributed by atoms with Crippen molar-refractivity contribution < 1.29 is 4.52 Å². The van der Waals surface area contributed by atoms with Gasteiger partial charge in [-0.25, -0.2) is 0 Å². The van der Waals surface area contributed by atoms with Crippen LogP contribution in [0.25, 0.3) is 0 Å². The van der Waals surface area contributed by atoms with E-state index in [-0.39, 0.29) is 0 Å². The molecule has 1 saturated heterocycles. The van der Waals surface area contributed by atoms with Crippen LogP contribution in [0, 0.1) is 18.8 Å². The van der Waals surface area contributed by atoms with Crippen LogP contribution in [0.1, 0.15) is 45.8 Å². The highest BCUT2D eigenvalue weighted by molar-refractivity contribution is 4.92. The van der Waals surface area contributed by atoms with Crippen LogP contribution in [0.4, 0.5) is 0 Å². The van der Waals surface area contributed by atoms with E-state index < -0.39 is 0 Å². The first kappa shape index (κ1) is 15.4. The van der Waals surface area contributed by atoms with Gasteiger partial charge in [-0.1, -0.05) is 39.3 Å². The van der Waals surface area contributed by atoms with Crippen LogP contribution in [0.15, 0.2) is 4.52 Å². The van der Waals surface area contributed by atoms with Crippen LogP contribution in [-0.2, 0) is 6.54 Å². The second-order valence-corrected chi connectivity index (χ2v) is 6.38. The van der Waals surface area contributed by atoms with Gasteiger partial charge >= 0.3 is 0 Å². The van der Waals surface area contributed by atoms with Crippen molar-refractivity contribution >= 4 is 0 Å². The Kier molecular flexibility index (Phi) is 5.16. The number of aromatic nitrogens is 2. The van der Waals surface area contributed by atoms with Gasteiger partial charge in [0.2, 0.25) is 5.89 Å². The zero-order valence-electron chi connectivity index (χ0n) is 13.4. The van der Waals surface area contributed by atoms with Crippen LogP contribution >= 0.6 is 0 Å². The standard InChI is InChI=1S/C15H28N4O/c1-6-11(4)13-8-19(14(7-16-13)10(2)3)9-15-17-12(5)18-20-15/h10-11,13-14,16H,6-9H2,1-5H3. The molecule has 5 heteroatoms. The second-order valence-electron chi connectivity index (χ2n) is 6.38. The monoisotopic (exact) mass is 280 g/mol. The molecule has 3 unspecified atom stereocenters. The molecule has 1 aromatic heterocycles. The van der Waals surface area contributed by atoms with Crippen LogP contribution in [0.5, 0.6) is 0 Å². The lowest BCUT2D eigenvalue weighted by molar-refractivity contribution is 0.0657. The fraction of sp³-hybridized carbons (Fsp3) is 0.867. The Morgan fingerprint density at radius 1 is 1.40 bits per heavy atom. The van der Waals surface area contributed by atoms with Gasteiger partial charge in [-0.2, -0.15) is 4.98 Å². The minimum atomic E-state index is 0.530. The number of rotatable bonds is 5. The zero-order valence-corrected chi connectivity index (χ0v) is 13.4. The van der Waals surface area contributed by atoms with Gasteiger partial charge in [0.1, 0.15) is 0 Å². The smallest absolute Gasteiger partial charge is 0.240 e. The number of hydrogen-bond acceptors (Lipinski definition) is 5. The summed E-state index contributed by atoms with van der Waals surface area (Å²) in [6.07, 6.45) is 1.21. The van der Waals surface area contributed by atoms with Gasteiger partial charge in [-0.3, -0.25) is 4.90 Å². The summed E-state index contributed by atoms with van der Waals surface area (Å²) in [6.45, 7) is 13.9. The number of nitrogens with zero attached hydrogens (tertiary/aromatic N) is 3. The average molecular weight is 280 g/mol. The third-order valence-corrected chi connectivity index (χ3v) is 4.50. The molecule has 2 rings (SSSR count). The van der Waals surface area contributed by atoms with Crippen molar-refractivity contribution in [3.05, 3.63) is 11.7 Å². The molecule has 114 valence electrons. The van der Waals surface area contributed by atoms with E-state index in [9.17, 15) is 0 Å². The summed E-state index contributed by atoms with van der Waals surface area (Å²) in [4.78, 5) is 6.85. The Morgan fingerprint density at radius 2 is 2.15 bits per heavy atom. The zero-order chi connectivity index (χ0) is 14.7. The van der Waals surface area contributed by atoms with Crippen LogP contribution in [0.2, 0.25) is 0 Å². The molecule has 20 heavy (non-hydrogen) atoms. The van der Waals surface area contributed by atoms with E-state index in [1.165, 1.54) is 6.42 Å². The van der Waals surface area contributed by atoms with Crippen molar-refractivity contribution in [2.75, 3.05) is 13.1 Å². The van der Waals surface area contributed by atoms with E-state index in [0.717, 1.165) is 31.3 Å². The van der Waals surface area contributed by atoms with Gasteiger partial charge < -0.3 is 9.84 Å². The first-order chi connectivity index (χ1) is 9.51. The van der Waals surface area contributed by atoms with Gasteiger partial charge in [-0.05, 0) is 18.8 Å². The number of aryl methyl sites for hydroxylation is 1. The van der Waals surface area contributed by atoms with Gasteiger partial charge in [0, 0.05) is 25.2 Å². The van der Waals surface area contributed by atoms with Crippen molar-refractivity contribution in [1.82, 2.24) is 20.4 Å². The maximum atomic E-state index is 5.29. The molecule has 0 spiro atoms. The summed E-state index contributed by atoms with van der Waals surface area (Å²) in [5, 5.41) is 7.61. The van der Waals surface area contributed by atoms with Crippen molar-refractivity contribution in [2.24, 2.45) is 11.8 Å². The summed E-state index contributed by atoms with van der Waals surface area (Å²) in [5.41, 5.74) is 0. The molecule has 1 aliphatic heterocycles. The van der Waals surface area contributed by atoms with Crippen LogP contribution in [-0.4, -0.2) is 40.2 Å². The summed E-state index contributed by atoms with van der Waals surface area (Å²) in [5.74, 6) is 2.76. The van der Waals surface area contributed by atoms with E-state index in [0.29, 0.717) is 23.9 Å². The normalized spacial score (nSPS) is 26.1. The predicted molar refractivity (Wildman–Crippen MR) is 79.3 cm³/mol. The van der Waals surface area contributed by atoms with Crippen molar-refractivity contribution in [1.29, 1.82) is 0 Å². The Labute approximate surface area is 122 Å². The molecule has 3 atom stereocenters. The van der Waals surface area contributed by atoms with Crippen molar-refractivity contribution in [3.8, 4) is 0 Å². The minimum Gasteiger partial charge on any atom is -0.338 e. The van der Waals surface area contributed by atoms with E-state index in [4.69, 9.17) is 4.52 Å². The Morgan fingerprint density at radius 3 is 2.70 bits per heavy atom. The molecular weight excluding hydrogens is 252 g/mol. The predicted octanol–water partition coefficient (Wildman–Crippen LogP) is 2.22. The minimum absolute atomic E-state index is 0.530. The number of hydrogen-bond donors (Lipinski definition) is 1. The van der Waals surface area contributed by atoms with Gasteiger partial charge in [0.25, 0.3) is 0 Å². The van der Waals surface area contributed by atoms with Crippen molar-refractivity contribution in [3.63, 3.8) is 0 Å². The molecule has 5 nitrogen and oxygen atoms in total. The van der Waals surface area contributed by atoms with E-state index in [1.807, 2.05) is 6.92 Å². The topological polar surface area (TPSA) is 54.2 Å². The average Bonchev–Trinajstić information content (AvgIpc) is 2.82. The molecule has 1 aliphatic rings. The highest BCUT2D eigenvalue weighted by Crippen LogP contribution is 2.21. The third kappa shape index (κ3) is 3.58. The lowest BCUT2D eigenvalue weighted by atomic mass is 9.92. The largest absolute Gasteiger partial charge is 0.338 e. The lowest BCUT2D eigenvalue weighted by Crippen LogP contribution is -2.59. The molecule has 0 bridgehead atoms. The molecular formula is C15H28N4O. The van der Waals surface area contributed by atoms with Crippen LogP contribution < -0.4 is 5.32 Å². The van der Waals surface area contributed by atoms with Crippen molar-refractivity contribution in [2.45, 2.75) is 59.7 Å². The molecule has 1 aromatic rings. The van der Waals surface area contributed by atoms with Gasteiger partial charge in [0.05, 0.1) is 6.54 Å². The van der Waals surface area contributed by atoms with Gasteiger partial charge in [0.15, 0.2) is 5.82 Å². The molecule has 2 heterocycles. The number of nitrogens with one attached hydrogen (secondary N) is 1. The summed E-state index contributed by atoms with van der Waals surface area (Å²) in [6, 6.07) is 1.08. The summed E-state index contributed by atoms with van der Waals surface area (Å²) >= 11 is 0. The molecule has 0 aliphatic carbocycles. The Bertz CT molecular complexity index is 418. The molecule has 1 fully saturated rings.